The number of aldehydes is 1. The van der Waals surface area contributed by atoms with E-state index in [1.165, 1.54) is 0 Å². The standard InChI is InChI=1S/C24H20O7/c1-3-12-7-5-9-14-19(26)17(23(28)30-21(12)14)16(11-25)18-20(27)15-10-6-8-13(4-2)22(15)31-24(18)29/h5-11,16,26-27H,3-4H2,1-2H3. The number of para-hydroxylation sites is 2. The molecule has 7 heteroatoms. The molecular weight excluding hydrogens is 400 g/mol. The van der Waals surface area contributed by atoms with E-state index < -0.39 is 39.8 Å². The molecule has 2 N–H and O–H groups in total. The van der Waals surface area contributed by atoms with Crippen LogP contribution in [0.1, 0.15) is 42.0 Å². The van der Waals surface area contributed by atoms with Crippen LogP contribution in [0.4, 0.5) is 0 Å². The summed E-state index contributed by atoms with van der Waals surface area (Å²) in [7, 11) is 0. The molecule has 2 aromatic heterocycles. The molecule has 0 atom stereocenters. The highest BCUT2D eigenvalue weighted by Crippen LogP contribution is 2.38. The molecule has 0 amide bonds. The Hall–Kier alpha value is -3.87. The number of rotatable bonds is 5. The second-order valence-electron chi connectivity index (χ2n) is 7.21. The van der Waals surface area contributed by atoms with Gasteiger partial charge >= 0.3 is 11.3 Å². The Morgan fingerprint density at radius 2 is 1.23 bits per heavy atom. The fourth-order valence-electron chi connectivity index (χ4n) is 3.95. The van der Waals surface area contributed by atoms with E-state index in [0.29, 0.717) is 30.3 Å². The Bertz CT molecular complexity index is 1340. The minimum atomic E-state index is -1.57. The first-order valence-corrected chi connectivity index (χ1v) is 9.93. The zero-order valence-electron chi connectivity index (χ0n) is 17.0. The lowest BCUT2D eigenvalue weighted by atomic mass is 9.91. The first-order chi connectivity index (χ1) is 14.9. The number of hydrogen-bond donors (Lipinski definition) is 2. The number of fused-ring (bicyclic) bond motifs is 2. The van der Waals surface area contributed by atoms with E-state index in [4.69, 9.17) is 8.83 Å². The van der Waals surface area contributed by atoms with Crippen molar-refractivity contribution in [2.24, 2.45) is 0 Å². The number of hydrogen-bond acceptors (Lipinski definition) is 7. The molecule has 31 heavy (non-hydrogen) atoms. The molecular formula is C24H20O7. The molecule has 158 valence electrons. The van der Waals surface area contributed by atoms with Gasteiger partial charge in [0.05, 0.1) is 27.8 Å². The quantitative estimate of drug-likeness (QED) is 0.373. The van der Waals surface area contributed by atoms with Crippen LogP contribution in [0.25, 0.3) is 21.9 Å². The van der Waals surface area contributed by atoms with Gasteiger partial charge in [-0.1, -0.05) is 38.1 Å². The van der Waals surface area contributed by atoms with Gasteiger partial charge in [-0.2, -0.15) is 0 Å². The summed E-state index contributed by atoms with van der Waals surface area (Å²) in [6.07, 6.45) is 1.43. The summed E-state index contributed by atoms with van der Waals surface area (Å²) in [6.45, 7) is 3.74. The summed E-state index contributed by atoms with van der Waals surface area (Å²) in [6, 6.07) is 10.00. The molecule has 2 heterocycles. The van der Waals surface area contributed by atoms with Crippen LogP contribution in [0.3, 0.4) is 0 Å². The average Bonchev–Trinajstić information content (AvgIpc) is 2.77. The van der Waals surface area contributed by atoms with Gasteiger partial charge in [0.25, 0.3) is 0 Å². The highest BCUT2D eigenvalue weighted by molar-refractivity contribution is 5.91. The highest BCUT2D eigenvalue weighted by atomic mass is 16.4. The average molecular weight is 420 g/mol. The lowest BCUT2D eigenvalue weighted by Crippen LogP contribution is -2.21. The molecule has 0 aliphatic heterocycles. The van der Waals surface area contributed by atoms with Gasteiger partial charge in [0.15, 0.2) is 0 Å². The maximum Gasteiger partial charge on any atom is 0.344 e. The second kappa shape index (κ2) is 7.75. The van der Waals surface area contributed by atoms with E-state index in [2.05, 4.69) is 0 Å². The molecule has 0 bridgehead atoms. The van der Waals surface area contributed by atoms with Gasteiger partial charge in [-0.3, -0.25) is 0 Å². The minimum Gasteiger partial charge on any atom is -0.507 e. The zero-order chi connectivity index (χ0) is 22.3. The maximum atomic E-state index is 12.8. The molecule has 0 aliphatic rings. The first kappa shape index (κ1) is 20.4. The van der Waals surface area contributed by atoms with Crippen molar-refractivity contribution in [3.8, 4) is 11.5 Å². The van der Waals surface area contributed by atoms with Crippen LogP contribution in [0.2, 0.25) is 0 Å². The monoisotopic (exact) mass is 420 g/mol. The summed E-state index contributed by atoms with van der Waals surface area (Å²) in [5, 5.41) is 22.2. The van der Waals surface area contributed by atoms with Crippen molar-refractivity contribution in [3.63, 3.8) is 0 Å². The van der Waals surface area contributed by atoms with Crippen LogP contribution in [0.15, 0.2) is 54.8 Å². The third kappa shape index (κ3) is 3.09. The molecule has 4 rings (SSSR count). The SMILES string of the molecule is CCc1cccc2c(O)c(C(C=O)c3c(O)c4cccc(CC)c4oc3=O)c(=O)oc12. The Morgan fingerprint density at radius 3 is 1.58 bits per heavy atom. The van der Waals surface area contributed by atoms with Gasteiger partial charge < -0.3 is 23.8 Å². The normalized spacial score (nSPS) is 11.5. The fraction of sp³-hybridized carbons (Fsp3) is 0.208. The topological polar surface area (TPSA) is 118 Å². The number of aryl methyl sites for hydroxylation is 2. The van der Waals surface area contributed by atoms with Gasteiger partial charge in [0.2, 0.25) is 0 Å². The molecule has 0 aliphatic carbocycles. The second-order valence-corrected chi connectivity index (χ2v) is 7.21. The smallest absolute Gasteiger partial charge is 0.344 e. The molecule has 0 saturated heterocycles. The molecule has 0 saturated carbocycles. The van der Waals surface area contributed by atoms with E-state index >= 15 is 0 Å². The molecule has 4 aromatic rings. The first-order valence-electron chi connectivity index (χ1n) is 9.93. The van der Waals surface area contributed by atoms with Crippen LogP contribution in [0.5, 0.6) is 11.5 Å². The van der Waals surface area contributed by atoms with E-state index in [1.54, 1.807) is 36.4 Å². The van der Waals surface area contributed by atoms with Crippen LogP contribution < -0.4 is 11.3 Å². The molecule has 7 nitrogen and oxygen atoms in total. The molecule has 2 aromatic carbocycles. The van der Waals surface area contributed by atoms with Crippen LogP contribution in [-0.2, 0) is 17.6 Å². The van der Waals surface area contributed by atoms with Crippen molar-refractivity contribution in [2.75, 3.05) is 0 Å². The van der Waals surface area contributed by atoms with Gasteiger partial charge in [-0.05, 0) is 36.1 Å². The third-order valence-electron chi connectivity index (χ3n) is 5.56. The summed E-state index contributed by atoms with van der Waals surface area (Å²) >= 11 is 0. The Kier molecular flexibility index (Phi) is 5.10. The van der Waals surface area contributed by atoms with Crippen molar-refractivity contribution in [2.45, 2.75) is 32.6 Å². The van der Waals surface area contributed by atoms with Gasteiger partial charge in [0.1, 0.15) is 29.0 Å². The number of carbonyl (C=O) groups excluding carboxylic acids is 1. The van der Waals surface area contributed by atoms with E-state index in [-0.39, 0.29) is 21.9 Å². The van der Waals surface area contributed by atoms with Crippen molar-refractivity contribution < 1.29 is 23.8 Å². The largest absolute Gasteiger partial charge is 0.507 e. The van der Waals surface area contributed by atoms with Gasteiger partial charge in [-0.25, -0.2) is 9.59 Å². The fourth-order valence-corrected chi connectivity index (χ4v) is 3.95. The number of aromatic hydroxyl groups is 2. The lowest BCUT2D eigenvalue weighted by molar-refractivity contribution is -0.108. The van der Waals surface area contributed by atoms with E-state index in [9.17, 15) is 24.6 Å². The third-order valence-corrected chi connectivity index (χ3v) is 5.56. The van der Waals surface area contributed by atoms with Crippen LogP contribution in [0, 0.1) is 0 Å². The van der Waals surface area contributed by atoms with Gasteiger partial charge in [0, 0.05) is 0 Å². The predicted molar refractivity (Wildman–Crippen MR) is 115 cm³/mol. The zero-order valence-corrected chi connectivity index (χ0v) is 17.0. The number of carbonyl (C=O) groups is 1. The van der Waals surface area contributed by atoms with E-state index in [1.807, 2.05) is 13.8 Å². The van der Waals surface area contributed by atoms with E-state index in [0.717, 1.165) is 0 Å². The Morgan fingerprint density at radius 1 is 0.806 bits per heavy atom. The maximum absolute atomic E-state index is 12.8. The summed E-state index contributed by atoms with van der Waals surface area (Å²) in [5.41, 5.74) is -0.952. The summed E-state index contributed by atoms with van der Waals surface area (Å²) < 4.78 is 10.8. The molecule has 0 radical (unpaired) electrons. The lowest BCUT2D eigenvalue weighted by Gasteiger charge is -2.15. The van der Waals surface area contributed by atoms with Gasteiger partial charge in [-0.15, -0.1) is 0 Å². The molecule has 0 fully saturated rings. The summed E-state index contributed by atoms with van der Waals surface area (Å²) in [4.78, 5) is 37.6. The van der Waals surface area contributed by atoms with Crippen LogP contribution in [-0.4, -0.2) is 16.5 Å². The van der Waals surface area contributed by atoms with Crippen molar-refractivity contribution >= 4 is 28.2 Å². The predicted octanol–water partition coefficient (Wildman–Crippen LogP) is 3.77. The van der Waals surface area contributed by atoms with Crippen molar-refractivity contribution in [3.05, 3.63) is 79.5 Å². The van der Waals surface area contributed by atoms with Crippen molar-refractivity contribution in [1.82, 2.24) is 0 Å². The Balaban J connectivity index is 2.04. The molecule has 0 unspecified atom stereocenters. The highest BCUT2D eigenvalue weighted by Gasteiger charge is 2.31. The number of benzene rings is 2. The molecule has 0 spiro atoms. The summed E-state index contributed by atoms with van der Waals surface area (Å²) in [5.74, 6) is -2.52. The Labute approximate surface area is 176 Å². The van der Waals surface area contributed by atoms with Crippen molar-refractivity contribution in [1.29, 1.82) is 0 Å². The minimum absolute atomic E-state index is 0.211. The van der Waals surface area contributed by atoms with Crippen LogP contribution >= 0.6 is 0 Å².